The molecule has 2 rings (SSSR count). The summed E-state index contributed by atoms with van der Waals surface area (Å²) in [5.41, 5.74) is 1.19. The number of carbonyl (C=O) groups is 1. The third kappa shape index (κ3) is 1.52. The Balaban J connectivity index is 2.48. The first-order chi connectivity index (χ1) is 6.81. The lowest BCUT2D eigenvalue weighted by Gasteiger charge is -2.01. The summed E-state index contributed by atoms with van der Waals surface area (Å²) < 4.78 is 0. The van der Waals surface area contributed by atoms with Gasteiger partial charge in [0.25, 0.3) is 0 Å². The average molecular weight is 208 g/mol. The van der Waals surface area contributed by atoms with E-state index in [1.54, 1.807) is 30.6 Å². The predicted molar refractivity (Wildman–Crippen MR) is 51.8 cm³/mol. The van der Waals surface area contributed by atoms with Crippen LogP contribution in [0.3, 0.4) is 0 Å². The lowest BCUT2D eigenvalue weighted by atomic mass is 10.2. The monoisotopic (exact) mass is 207 g/mol. The van der Waals surface area contributed by atoms with Gasteiger partial charge in [0.05, 0.1) is 23.1 Å². The van der Waals surface area contributed by atoms with Gasteiger partial charge < -0.3 is 0 Å². The first-order valence-electron chi connectivity index (χ1n) is 3.92. The van der Waals surface area contributed by atoms with Crippen molar-refractivity contribution < 1.29 is 4.79 Å². The molecule has 4 nitrogen and oxygen atoms in total. The smallest absolute Gasteiger partial charge is 0.151 e. The van der Waals surface area contributed by atoms with Crippen molar-refractivity contribution in [3.63, 3.8) is 0 Å². The molecule has 1 heterocycles. The maximum absolute atomic E-state index is 10.5. The Bertz CT molecular complexity index is 453. The molecule has 0 aliphatic heterocycles. The molecule has 0 spiro atoms. The van der Waals surface area contributed by atoms with E-state index in [0.29, 0.717) is 16.9 Å². The topological polar surface area (TPSA) is 47.8 Å². The molecule has 0 unspecified atom stereocenters. The summed E-state index contributed by atoms with van der Waals surface area (Å²) in [4.78, 5) is 11.9. The molecule has 70 valence electrons. The zero-order chi connectivity index (χ0) is 9.97. The zero-order valence-electron chi connectivity index (χ0n) is 7.09. The van der Waals surface area contributed by atoms with Gasteiger partial charge in [0.1, 0.15) is 0 Å². The number of rotatable bonds is 2. The lowest BCUT2D eigenvalue weighted by Crippen LogP contribution is -1.98. The Morgan fingerprint density at radius 3 is 2.57 bits per heavy atom. The van der Waals surface area contributed by atoms with E-state index in [0.717, 1.165) is 5.69 Å². The summed E-state index contributed by atoms with van der Waals surface area (Å²) in [6.45, 7) is 0. The van der Waals surface area contributed by atoms with Crippen molar-refractivity contribution in [2.24, 2.45) is 0 Å². The molecule has 0 atom stereocenters. The van der Waals surface area contributed by atoms with E-state index in [4.69, 9.17) is 11.6 Å². The number of benzene rings is 1. The van der Waals surface area contributed by atoms with E-state index in [2.05, 4.69) is 10.2 Å². The maximum atomic E-state index is 10.5. The van der Waals surface area contributed by atoms with E-state index in [1.165, 1.54) is 4.80 Å². The molecule has 14 heavy (non-hydrogen) atoms. The van der Waals surface area contributed by atoms with Crippen LogP contribution in [-0.4, -0.2) is 21.3 Å². The molecular formula is C9H6ClN3O. The second-order valence-corrected chi connectivity index (χ2v) is 3.05. The number of hydrogen-bond acceptors (Lipinski definition) is 3. The van der Waals surface area contributed by atoms with E-state index in [9.17, 15) is 4.79 Å². The van der Waals surface area contributed by atoms with Crippen LogP contribution in [0.1, 0.15) is 10.4 Å². The quantitative estimate of drug-likeness (QED) is 0.705. The highest BCUT2D eigenvalue weighted by Crippen LogP contribution is 2.17. The molecule has 2 aromatic rings. The van der Waals surface area contributed by atoms with Crippen molar-refractivity contribution in [1.82, 2.24) is 15.0 Å². The minimum absolute atomic E-state index is 0.398. The molecule has 5 heteroatoms. The van der Waals surface area contributed by atoms with Gasteiger partial charge in [0.15, 0.2) is 6.29 Å². The van der Waals surface area contributed by atoms with Crippen LogP contribution in [0.2, 0.25) is 5.02 Å². The van der Waals surface area contributed by atoms with Gasteiger partial charge in [-0.25, -0.2) is 0 Å². The molecule has 1 aromatic heterocycles. The predicted octanol–water partition coefficient (Wildman–Crippen LogP) is 1.73. The summed E-state index contributed by atoms with van der Waals surface area (Å²) in [6.07, 6.45) is 3.85. The summed E-state index contributed by atoms with van der Waals surface area (Å²) in [5, 5.41) is 8.28. The molecule has 0 bridgehead atoms. The summed E-state index contributed by atoms with van der Waals surface area (Å²) in [5.74, 6) is 0. The van der Waals surface area contributed by atoms with Crippen LogP contribution < -0.4 is 0 Å². The molecule has 0 radical (unpaired) electrons. The third-order valence-corrected chi connectivity index (χ3v) is 2.09. The largest absolute Gasteiger partial charge is 0.298 e. The fourth-order valence-corrected chi connectivity index (χ4v) is 1.30. The van der Waals surface area contributed by atoms with Gasteiger partial charge in [-0.3, -0.25) is 4.79 Å². The average Bonchev–Trinajstić information content (AvgIpc) is 2.70. The van der Waals surface area contributed by atoms with Gasteiger partial charge in [-0.1, -0.05) is 11.6 Å². The third-order valence-electron chi connectivity index (χ3n) is 1.76. The Labute approximate surface area is 85.1 Å². The Morgan fingerprint density at radius 1 is 1.29 bits per heavy atom. The fourth-order valence-electron chi connectivity index (χ4n) is 1.09. The van der Waals surface area contributed by atoms with Crippen LogP contribution in [0.5, 0.6) is 0 Å². The number of nitrogens with zero attached hydrogens (tertiary/aromatic N) is 3. The van der Waals surface area contributed by atoms with Crippen LogP contribution in [-0.2, 0) is 0 Å². The number of aldehydes is 1. The number of carbonyl (C=O) groups excluding carboxylic acids is 1. The number of aromatic nitrogens is 3. The molecule has 0 amide bonds. The highest BCUT2D eigenvalue weighted by molar-refractivity contribution is 6.33. The molecule has 0 aliphatic carbocycles. The van der Waals surface area contributed by atoms with E-state index in [-0.39, 0.29) is 0 Å². The summed E-state index contributed by atoms with van der Waals surface area (Å²) >= 11 is 5.85. The Kier molecular flexibility index (Phi) is 2.28. The van der Waals surface area contributed by atoms with Crippen LogP contribution in [0.4, 0.5) is 0 Å². The molecule has 1 aromatic carbocycles. The van der Waals surface area contributed by atoms with Crippen molar-refractivity contribution in [1.29, 1.82) is 0 Å². The van der Waals surface area contributed by atoms with Gasteiger partial charge in [0, 0.05) is 5.56 Å². The highest BCUT2D eigenvalue weighted by Gasteiger charge is 2.02. The fraction of sp³-hybridized carbons (Fsp3) is 0. The summed E-state index contributed by atoms with van der Waals surface area (Å²) in [6, 6.07) is 5.01. The first kappa shape index (κ1) is 8.90. The maximum Gasteiger partial charge on any atom is 0.151 e. The van der Waals surface area contributed by atoms with E-state index < -0.39 is 0 Å². The van der Waals surface area contributed by atoms with Crippen LogP contribution in [0, 0.1) is 0 Å². The van der Waals surface area contributed by atoms with Crippen molar-refractivity contribution in [3.05, 3.63) is 41.2 Å². The van der Waals surface area contributed by atoms with Gasteiger partial charge in [0.2, 0.25) is 0 Å². The molecule has 0 N–H and O–H groups in total. The number of halogens is 1. The molecular weight excluding hydrogens is 202 g/mol. The standard InChI is InChI=1S/C9H6ClN3O/c10-9-5-8(2-1-7(9)6-14)13-11-3-4-12-13/h1-6H. The first-order valence-corrected chi connectivity index (χ1v) is 4.30. The molecule has 0 saturated carbocycles. The van der Waals surface area contributed by atoms with Gasteiger partial charge >= 0.3 is 0 Å². The van der Waals surface area contributed by atoms with Crippen molar-refractivity contribution in [2.75, 3.05) is 0 Å². The Hall–Kier alpha value is -1.68. The van der Waals surface area contributed by atoms with Gasteiger partial charge in [-0.15, -0.1) is 0 Å². The number of hydrogen-bond donors (Lipinski definition) is 0. The van der Waals surface area contributed by atoms with Crippen molar-refractivity contribution in [3.8, 4) is 5.69 Å². The SMILES string of the molecule is O=Cc1ccc(-n2nccn2)cc1Cl. The minimum atomic E-state index is 0.398. The molecule has 0 fully saturated rings. The Morgan fingerprint density at radius 2 is 2.00 bits per heavy atom. The van der Waals surface area contributed by atoms with Crippen molar-refractivity contribution in [2.45, 2.75) is 0 Å². The van der Waals surface area contributed by atoms with Crippen LogP contribution in [0.25, 0.3) is 5.69 Å². The highest BCUT2D eigenvalue weighted by atomic mass is 35.5. The van der Waals surface area contributed by atoms with Crippen molar-refractivity contribution >= 4 is 17.9 Å². The summed E-state index contributed by atoms with van der Waals surface area (Å²) in [7, 11) is 0. The molecule has 0 saturated heterocycles. The zero-order valence-corrected chi connectivity index (χ0v) is 7.85. The van der Waals surface area contributed by atoms with Gasteiger partial charge in [-0.05, 0) is 18.2 Å². The van der Waals surface area contributed by atoms with Crippen LogP contribution in [0.15, 0.2) is 30.6 Å². The van der Waals surface area contributed by atoms with E-state index in [1.807, 2.05) is 0 Å². The van der Waals surface area contributed by atoms with Gasteiger partial charge in [-0.2, -0.15) is 15.0 Å². The molecule has 0 aliphatic rings. The minimum Gasteiger partial charge on any atom is -0.298 e. The second-order valence-electron chi connectivity index (χ2n) is 2.64. The van der Waals surface area contributed by atoms with E-state index >= 15 is 0 Å². The second kappa shape index (κ2) is 3.59. The van der Waals surface area contributed by atoms with Crippen LogP contribution >= 0.6 is 11.6 Å². The lowest BCUT2D eigenvalue weighted by molar-refractivity contribution is 0.112. The normalized spacial score (nSPS) is 10.1.